The van der Waals surface area contributed by atoms with Crippen molar-refractivity contribution in [1.29, 1.82) is 0 Å². The van der Waals surface area contributed by atoms with Crippen LogP contribution in [0.15, 0.2) is 0 Å². The summed E-state index contributed by atoms with van der Waals surface area (Å²) in [4.78, 5) is 21.9. The fourth-order valence-corrected chi connectivity index (χ4v) is 1.62. The second-order valence-corrected chi connectivity index (χ2v) is 4.58. The lowest BCUT2D eigenvalue weighted by Crippen LogP contribution is -2.53. The molecule has 2 amide bonds. The number of primary amides is 2. The highest BCUT2D eigenvalue weighted by Gasteiger charge is 2.37. The molecule has 8 nitrogen and oxygen atoms in total. The molecule has 0 aromatic rings. The van der Waals surface area contributed by atoms with Gasteiger partial charge >= 0.3 is 0 Å². The highest BCUT2D eigenvalue weighted by Crippen LogP contribution is 2.10. The van der Waals surface area contributed by atoms with Gasteiger partial charge in [-0.3, -0.25) is 9.59 Å². The fraction of sp³-hybridized carbons (Fsp3) is 0.833. The molecule has 0 spiro atoms. The molecule has 0 bridgehead atoms. The van der Waals surface area contributed by atoms with Crippen molar-refractivity contribution < 1.29 is 29.6 Å². The van der Waals surface area contributed by atoms with Crippen LogP contribution < -0.4 is 11.5 Å². The average Bonchev–Trinajstić information content (AvgIpc) is 2.39. The number of rotatable bonds is 11. The third kappa shape index (κ3) is 6.29. The summed E-state index contributed by atoms with van der Waals surface area (Å²) < 4.78 is 5.12. The first-order chi connectivity index (χ1) is 9.32. The Morgan fingerprint density at radius 1 is 1.00 bits per heavy atom. The van der Waals surface area contributed by atoms with Crippen LogP contribution in [0.2, 0.25) is 0 Å². The lowest BCUT2D eigenvalue weighted by Gasteiger charge is -2.26. The molecule has 0 aliphatic heterocycles. The van der Waals surface area contributed by atoms with Crippen LogP contribution in [-0.4, -0.2) is 58.2 Å². The summed E-state index contributed by atoms with van der Waals surface area (Å²) in [5.41, 5.74) is 9.85. The number of nitrogens with two attached hydrogens (primary N) is 2. The smallest absolute Gasteiger partial charge is 0.249 e. The molecule has 0 unspecified atom stereocenters. The molecular formula is C12H24N2O6. The van der Waals surface area contributed by atoms with E-state index in [-0.39, 0.29) is 6.61 Å². The molecule has 0 aromatic carbocycles. The average molecular weight is 292 g/mol. The van der Waals surface area contributed by atoms with Gasteiger partial charge < -0.3 is 31.5 Å². The normalized spacial score (nSPS) is 17.2. The summed E-state index contributed by atoms with van der Waals surface area (Å²) in [5.74, 6) is -2.22. The molecule has 4 atom stereocenters. The van der Waals surface area contributed by atoms with Gasteiger partial charge in [-0.2, -0.15) is 0 Å². The van der Waals surface area contributed by atoms with Gasteiger partial charge in [-0.15, -0.1) is 0 Å². The van der Waals surface area contributed by atoms with E-state index in [2.05, 4.69) is 0 Å². The van der Waals surface area contributed by atoms with Crippen LogP contribution in [-0.2, 0) is 14.3 Å². The van der Waals surface area contributed by atoms with Gasteiger partial charge in [0.25, 0.3) is 0 Å². The van der Waals surface area contributed by atoms with E-state index >= 15 is 0 Å². The fourth-order valence-electron chi connectivity index (χ4n) is 1.62. The van der Waals surface area contributed by atoms with Gasteiger partial charge in [0.05, 0.1) is 0 Å². The van der Waals surface area contributed by atoms with E-state index in [0.29, 0.717) is 6.42 Å². The van der Waals surface area contributed by atoms with Crippen molar-refractivity contribution in [3.8, 4) is 0 Å². The molecule has 0 radical (unpaired) electrons. The first-order valence-electron chi connectivity index (χ1n) is 6.57. The molecule has 0 aliphatic rings. The van der Waals surface area contributed by atoms with Crippen molar-refractivity contribution in [3.63, 3.8) is 0 Å². The van der Waals surface area contributed by atoms with Crippen LogP contribution in [0.25, 0.3) is 0 Å². The maximum atomic E-state index is 11.2. The summed E-state index contributed by atoms with van der Waals surface area (Å²) in [6.45, 7) is 2.21. The van der Waals surface area contributed by atoms with Gasteiger partial charge in [-0.25, -0.2) is 0 Å². The standard InChI is InChI=1S/C12H24N2O6/c1-2-3-4-5-6-20-10(12(14)19)8(16)7(15)9(17)11(13)18/h7-10,15-17H,2-6H2,1H3,(H2,13,18)(H2,14,19)/t7-,8-,9-,10+/m0/s1. The second-order valence-electron chi connectivity index (χ2n) is 4.58. The van der Waals surface area contributed by atoms with Crippen molar-refractivity contribution in [2.45, 2.75) is 57.0 Å². The van der Waals surface area contributed by atoms with Crippen LogP contribution >= 0.6 is 0 Å². The summed E-state index contributed by atoms with van der Waals surface area (Å²) in [5, 5.41) is 28.5. The highest BCUT2D eigenvalue weighted by molar-refractivity contribution is 5.81. The zero-order chi connectivity index (χ0) is 15.7. The Morgan fingerprint density at radius 3 is 2.05 bits per heavy atom. The van der Waals surface area contributed by atoms with E-state index in [1.165, 1.54) is 0 Å². The zero-order valence-corrected chi connectivity index (χ0v) is 11.6. The molecule has 0 saturated carbocycles. The van der Waals surface area contributed by atoms with Gasteiger partial charge in [0, 0.05) is 6.61 Å². The SMILES string of the molecule is CCCCCCO[C@@H](C(N)=O)[C@@H](O)[C@H](O)[C@H](O)C(N)=O. The van der Waals surface area contributed by atoms with Crippen molar-refractivity contribution in [2.75, 3.05) is 6.61 Å². The van der Waals surface area contributed by atoms with E-state index in [9.17, 15) is 24.9 Å². The minimum atomic E-state index is -2.00. The highest BCUT2D eigenvalue weighted by atomic mass is 16.5. The molecule has 20 heavy (non-hydrogen) atoms. The summed E-state index contributed by atoms with van der Waals surface area (Å²) in [7, 11) is 0. The van der Waals surface area contributed by atoms with Gasteiger partial charge in [0.2, 0.25) is 11.8 Å². The zero-order valence-electron chi connectivity index (χ0n) is 11.6. The molecule has 7 N–H and O–H groups in total. The van der Waals surface area contributed by atoms with E-state index in [0.717, 1.165) is 19.3 Å². The number of aliphatic hydroxyl groups excluding tert-OH is 3. The molecule has 118 valence electrons. The van der Waals surface area contributed by atoms with E-state index in [1.54, 1.807) is 0 Å². The summed E-state index contributed by atoms with van der Waals surface area (Å²) >= 11 is 0. The minimum Gasteiger partial charge on any atom is -0.387 e. The quantitative estimate of drug-likeness (QED) is 0.277. The van der Waals surface area contributed by atoms with Crippen LogP contribution in [0.4, 0.5) is 0 Å². The monoisotopic (exact) mass is 292 g/mol. The first-order valence-corrected chi connectivity index (χ1v) is 6.57. The number of amides is 2. The third-order valence-corrected chi connectivity index (χ3v) is 2.85. The Bertz CT molecular complexity index is 312. The molecule has 0 saturated heterocycles. The molecular weight excluding hydrogens is 268 g/mol. The minimum absolute atomic E-state index is 0.171. The lowest BCUT2D eigenvalue weighted by molar-refractivity contribution is -0.158. The van der Waals surface area contributed by atoms with Crippen LogP contribution in [0.5, 0.6) is 0 Å². The number of unbranched alkanes of at least 4 members (excludes halogenated alkanes) is 3. The number of hydrogen-bond acceptors (Lipinski definition) is 6. The van der Waals surface area contributed by atoms with E-state index in [4.69, 9.17) is 16.2 Å². The summed E-state index contributed by atoms with van der Waals surface area (Å²) in [6, 6.07) is 0. The lowest BCUT2D eigenvalue weighted by atomic mass is 10.0. The van der Waals surface area contributed by atoms with E-state index < -0.39 is 36.2 Å². The molecule has 0 rings (SSSR count). The van der Waals surface area contributed by atoms with Gasteiger partial charge in [-0.1, -0.05) is 26.2 Å². The molecule has 8 heteroatoms. The third-order valence-electron chi connectivity index (χ3n) is 2.85. The second kappa shape index (κ2) is 9.65. The molecule has 0 fully saturated rings. The Kier molecular flexibility index (Phi) is 9.06. The van der Waals surface area contributed by atoms with Crippen LogP contribution in [0, 0.1) is 0 Å². The van der Waals surface area contributed by atoms with Crippen molar-refractivity contribution >= 4 is 11.8 Å². The number of ether oxygens (including phenoxy) is 1. The maximum Gasteiger partial charge on any atom is 0.249 e. The Balaban J connectivity index is 4.43. The number of aliphatic hydroxyl groups is 3. The van der Waals surface area contributed by atoms with Crippen molar-refractivity contribution in [2.24, 2.45) is 11.5 Å². The largest absolute Gasteiger partial charge is 0.387 e. The van der Waals surface area contributed by atoms with Gasteiger partial charge in [-0.05, 0) is 6.42 Å². The summed E-state index contributed by atoms with van der Waals surface area (Å²) in [6.07, 6.45) is -3.69. The van der Waals surface area contributed by atoms with Gasteiger partial charge in [0.15, 0.2) is 12.2 Å². The van der Waals surface area contributed by atoms with Crippen molar-refractivity contribution in [1.82, 2.24) is 0 Å². The molecule has 0 heterocycles. The molecule has 0 aromatic heterocycles. The van der Waals surface area contributed by atoms with Gasteiger partial charge in [0.1, 0.15) is 12.2 Å². The topological polar surface area (TPSA) is 156 Å². The maximum absolute atomic E-state index is 11.2. The predicted molar refractivity (Wildman–Crippen MR) is 70.3 cm³/mol. The van der Waals surface area contributed by atoms with Crippen LogP contribution in [0.1, 0.15) is 32.6 Å². The van der Waals surface area contributed by atoms with E-state index in [1.807, 2.05) is 6.92 Å². The van der Waals surface area contributed by atoms with Crippen molar-refractivity contribution in [3.05, 3.63) is 0 Å². The number of hydrogen-bond donors (Lipinski definition) is 5. The Morgan fingerprint density at radius 2 is 1.60 bits per heavy atom. The number of carbonyl (C=O) groups excluding carboxylic acids is 2. The first kappa shape index (κ1) is 18.8. The van der Waals surface area contributed by atoms with Crippen LogP contribution in [0.3, 0.4) is 0 Å². The number of carbonyl (C=O) groups is 2. The predicted octanol–water partition coefficient (Wildman–Crippen LogP) is -1.99. The Hall–Kier alpha value is -1.22. The Labute approximate surface area is 117 Å². The molecule has 0 aliphatic carbocycles.